The molecule has 4 aliphatic rings. The Hall–Kier alpha value is -1.94. The van der Waals surface area contributed by atoms with E-state index in [4.69, 9.17) is 9.72 Å². The first-order valence-electron chi connectivity index (χ1n) is 10.3. The van der Waals surface area contributed by atoms with Gasteiger partial charge in [-0.3, -0.25) is 4.98 Å². The van der Waals surface area contributed by atoms with Crippen LogP contribution in [-0.2, 0) is 11.3 Å². The second-order valence-electron chi connectivity index (χ2n) is 9.12. The molecule has 4 bridgehead atoms. The highest BCUT2D eigenvalue weighted by Crippen LogP contribution is 2.55. The van der Waals surface area contributed by atoms with Gasteiger partial charge >= 0.3 is 5.97 Å². The van der Waals surface area contributed by atoms with Gasteiger partial charge in [0.05, 0.1) is 23.9 Å². The summed E-state index contributed by atoms with van der Waals surface area (Å²) in [6, 6.07) is 8.05. The zero-order valence-electron chi connectivity index (χ0n) is 16.3. The van der Waals surface area contributed by atoms with Gasteiger partial charge in [0.15, 0.2) is 0 Å². The molecule has 142 valence electrons. The Kier molecular flexibility index (Phi) is 4.01. The third kappa shape index (κ3) is 2.85. The average Bonchev–Trinajstić information content (AvgIpc) is 2.65. The van der Waals surface area contributed by atoms with Gasteiger partial charge in [0, 0.05) is 17.5 Å². The van der Waals surface area contributed by atoms with E-state index in [2.05, 4.69) is 5.32 Å². The van der Waals surface area contributed by atoms with E-state index >= 15 is 0 Å². The van der Waals surface area contributed by atoms with Gasteiger partial charge in [-0.15, -0.1) is 0 Å². The number of carbonyl (C=O) groups excluding carboxylic acids is 1. The van der Waals surface area contributed by atoms with E-state index in [9.17, 15) is 4.79 Å². The Labute approximate surface area is 160 Å². The zero-order chi connectivity index (χ0) is 18.6. The molecule has 27 heavy (non-hydrogen) atoms. The minimum absolute atomic E-state index is 0.253. The second-order valence-corrected chi connectivity index (χ2v) is 9.12. The van der Waals surface area contributed by atoms with Crippen LogP contribution in [0.2, 0.25) is 0 Å². The molecule has 4 aliphatic carbocycles. The van der Waals surface area contributed by atoms with Crippen molar-refractivity contribution >= 4 is 16.9 Å². The number of carbonyl (C=O) groups is 1. The lowest BCUT2D eigenvalue weighted by molar-refractivity contribution is -0.0208. The molecule has 2 aromatic rings. The van der Waals surface area contributed by atoms with Gasteiger partial charge in [-0.2, -0.15) is 0 Å². The maximum atomic E-state index is 12.5. The Morgan fingerprint density at radius 1 is 1.15 bits per heavy atom. The van der Waals surface area contributed by atoms with Crippen molar-refractivity contribution in [1.82, 2.24) is 10.3 Å². The third-order valence-corrected chi connectivity index (χ3v) is 7.29. The first kappa shape index (κ1) is 17.2. The van der Waals surface area contributed by atoms with Crippen molar-refractivity contribution in [1.29, 1.82) is 0 Å². The molecule has 6 rings (SSSR count). The zero-order valence-corrected chi connectivity index (χ0v) is 16.3. The number of aryl methyl sites for hydroxylation is 1. The molecule has 1 heterocycles. The Balaban J connectivity index is 1.48. The van der Waals surface area contributed by atoms with Crippen molar-refractivity contribution in [2.24, 2.45) is 17.8 Å². The van der Waals surface area contributed by atoms with E-state index in [-0.39, 0.29) is 11.5 Å². The summed E-state index contributed by atoms with van der Waals surface area (Å²) in [5, 5.41) is 4.91. The maximum Gasteiger partial charge on any atom is 0.340 e. The first-order valence-corrected chi connectivity index (χ1v) is 10.3. The summed E-state index contributed by atoms with van der Waals surface area (Å²) in [5.41, 5.74) is 3.63. The summed E-state index contributed by atoms with van der Waals surface area (Å²) in [6.45, 7) is 2.65. The van der Waals surface area contributed by atoms with Crippen LogP contribution in [-0.4, -0.2) is 23.6 Å². The van der Waals surface area contributed by atoms with Crippen LogP contribution < -0.4 is 5.32 Å². The van der Waals surface area contributed by atoms with Gasteiger partial charge < -0.3 is 10.1 Å². The lowest BCUT2D eigenvalue weighted by Crippen LogP contribution is -2.58. The summed E-state index contributed by atoms with van der Waals surface area (Å²) in [6.07, 6.45) is 8.17. The topological polar surface area (TPSA) is 51.2 Å². The molecule has 0 amide bonds. The maximum absolute atomic E-state index is 12.5. The summed E-state index contributed by atoms with van der Waals surface area (Å²) in [4.78, 5) is 17.4. The van der Waals surface area contributed by atoms with Crippen molar-refractivity contribution in [2.75, 3.05) is 7.11 Å². The highest BCUT2D eigenvalue weighted by atomic mass is 16.5. The number of hydrogen-bond donors (Lipinski definition) is 1. The summed E-state index contributed by atoms with van der Waals surface area (Å²) in [7, 11) is 1.45. The SMILES string of the molecule is COC(=O)c1c(CNC23CC4CC(CC(C4)C2)C3)nc2ccccc2c1C. The molecule has 0 aliphatic heterocycles. The Morgan fingerprint density at radius 3 is 2.41 bits per heavy atom. The molecular weight excluding hydrogens is 336 g/mol. The number of rotatable bonds is 4. The molecule has 0 radical (unpaired) electrons. The molecule has 1 N–H and O–H groups in total. The van der Waals surface area contributed by atoms with E-state index < -0.39 is 0 Å². The highest BCUT2D eigenvalue weighted by molar-refractivity contribution is 5.98. The van der Waals surface area contributed by atoms with Crippen LogP contribution in [0.15, 0.2) is 24.3 Å². The molecule has 0 saturated heterocycles. The summed E-state index contributed by atoms with van der Waals surface area (Å²) in [5.74, 6) is 2.41. The lowest BCUT2D eigenvalue weighted by Gasteiger charge is -2.57. The smallest absolute Gasteiger partial charge is 0.340 e. The monoisotopic (exact) mass is 364 g/mol. The van der Waals surface area contributed by atoms with Crippen LogP contribution in [0, 0.1) is 24.7 Å². The fourth-order valence-electron chi connectivity index (χ4n) is 6.54. The van der Waals surface area contributed by atoms with Gasteiger partial charge in [-0.1, -0.05) is 18.2 Å². The van der Waals surface area contributed by atoms with Gasteiger partial charge in [0.1, 0.15) is 0 Å². The van der Waals surface area contributed by atoms with Crippen LogP contribution >= 0.6 is 0 Å². The fraction of sp³-hybridized carbons (Fsp3) is 0.565. The van der Waals surface area contributed by atoms with Gasteiger partial charge in [-0.05, 0) is 74.8 Å². The highest BCUT2D eigenvalue weighted by Gasteiger charge is 2.50. The number of aromatic nitrogens is 1. The van der Waals surface area contributed by atoms with E-state index in [0.717, 1.165) is 39.9 Å². The lowest BCUT2D eigenvalue weighted by atomic mass is 9.53. The number of pyridine rings is 1. The number of hydrogen-bond acceptors (Lipinski definition) is 4. The number of ether oxygens (including phenoxy) is 1. The van der Waals surface area contributed by atoms with Crippen LogP contribution in [0.4, 0.5) is 0 Å². The van der Waals surface area contributed by atoms with Gasteiger partial charge in [0.25, 0.3) is 0 Å². The van der Waals surface area contributed by atoms with E-state index in [1.54, 1.807) is 0 Å². The van der Waals surface area contributed by atoms with E-state index in [1.807, 2.05) is 31.2 Å². The number of nitrogens with zero attached hydrogens (tertiary/aromatic N) is 1. The Morgan fingerprint density at radius 2 is 1.78 bits per heavy atom. The standard InChI is InChI=1S/C23H28N2O2/c1-14-18-5-3-4-6-19(18)25-20(21(14)22(26)27-2)13-24-23-10-15-7-16(11-23)9-17(8-15)12-23/h3-6,15-17,24H,7-13H2,1-2H3. The second kappa shape index (κ2) is 6.30. The van der Waals surface area contributed by atoms with Gasteiger partial charge in [0.2, 0.25) is 0 Å². The normalized spacial score (nSPS) is 31.4. The van der Waals surface area contributed by atoms with E-state index in [0.29, 0.717) is 12.1 Å². The molecule has 4 fully saturated rings. The molecule has 0 unspecified atom stereocenters. The van der Waals surface area contributed by atoms with Crippen molar-refractivity contribution in [2.45, 2.75) is 57.5 Å². The predicted octanol–water partition coefficient (Wildman–Crippen LogP) is 4.39. The average molecular weight is 364 g/mol. The third-order valence-electron chi connectivity index (χ3n) is 7.29. The largest absolute Gasteiger partial charge is 0.465 e. The predicted molar refractivity (Wildman–Crippen MR) is 106 cm³/mol. The number of methoxy groups -OCH3 is 1. The van der Waals surface area contributed by atoms with Gasteiger partial charge in [-0.25, -0.2) is 4.79 Å². The Bertz CT molecular complexity index is 869. The molecule has 0 spiro atoms. The number of fused-ring (bicyclic) bond motifs is 1. The number of para-hydroxylation sites is 1. The van der Waals surface area contributed by atoms with E-state index in [1.165, 1.54) is 45.6 Å². The molecule has 1 aromatic carbocycles. The molecule has 4 saturated carbocycles. The minimum Gasteiger partial charge on any atom is -0.465 e. The molecular formula is C23H28N2O2. The molecule has 4 nitrogen and oxygen atoms in total. The molecule has 1 aromatic heterocycles. The first-order chi connectivity index (χ1) is 13.1. The molecule has 0 atom stereocenters. The minimum atomic E-state index is -0.284. The number of nitrogens with one attached hydrogen (secondary N) is 1. The summed E-state index contributed by atoms with van der Waals surface area (Å²) < 4.78 is 5.10. The number of benzene rings is 1. The van der Waals surface area contributed by atoms with Crippen molar-refractivity contribution in [3.63, 3.8) is 0 Å². The van der Waals surface area contributed by atoms with Crippen LogP contribution in [0.1, 0.15) is 60.1 Å². The van der Waals surface area contributed by atoms with Crippen LogP contribution in [0.25, 0.3) is 10.9 Å². The van der Waals surface area contributed by atoms with Crippen molar-refractivity contribution < 1.29 is 9.53 Å². The quantitative estimate of drug-likeness (QED) is 0.818. The van der Waals surface area contributed by atoms with Crippen molar-refractivity contribution in [3.05, 3.63) is 41.1 Å². The number of esters is 1. The fourth-order valence-corrected chi connectivity index (χ4v) is 6.54. The molecule has 4 heteroatoms. The summed E-state index contributed by atoms with van der Waals surface area (Å²) >= 11 is 0. The van der Waals surface area contributed by atoms with Crippen molar-refractivity contribution in [3.8, 4) is 0 Å². The van der Waals surface area contributed by atoms with Crippen LogP contribution in [0.5, 0.6) is 0 Å². The van der Waals surface area contributed by atoms with Crippen LogP contribution in [0.3, 0.4) is 0 Å².